The number of hydrogen-bond donors (Lipinski definition) is 3. The van der Waals surface area contributed by atoms with Crippen LogP contribution in [0.2, 0.25) is 0 Å². The van der Waals surface area contributed by atoms with E-state index in [1.807, 2.05) is 54.6 Å². The fourth-order valence-electron chi connectivity index (χ4n) is 5.81. The molecule has 2 aliphatic carbocycles. The lowest BCUT2D eigenvalue weighted by atomic mass is 9.63. The van der Waals surface area contributed by atoms with Gasteiger partial charge in [0, 0.05) is 44.2 Å². The van der Waals surface area contributed by atoms with Crippen LogP contribution in [0, 0.1) is 0 Å². The minimum absolute atomic E-state index is 0.148. The largest absolute Gasteiger partial charge is 0.390 e. The van der Waals surface area contributed by atoms with Crippen LogP contribution in [0.25, 0.3) is 22.3 Å². The number of nitrogens with two attached hydrogens (primary N) is 1. The standard InChI is InChI=1S/C22H23N3O2S.C9H17NO/c1-14(26)25-20-9-18(16-7-8-28-11-16)19(10-24-20)15-3-5-17(6-4-15)22(23)12-21(2,27)13-22;1-8(11)10(2)9-6-4-3-5-7-9/h3-11,27H,12-13,23H2,1-2H3,(H,24,25,26);9H,3-7H2,1-2H3. The molecule has 2 aliphatic rings. The summed E-state index contributed by atoms with van der Waals surface area (Å²) >= 11 is 1.63. The Morgan fingerprint density at radius 1 is 1.05 bits per heavy atom. The molecule has 7 nitrogen and oxygen atoms in total. The lowest BCUT2D eigenvalue weighted by Gasteiger charge is -2.49. The Balaban J connectivity index is 0.000000270. The molecule has 0 atom stereocenters. The lowest BCUT2D eigenvalue weighted by Crippen LogP contribution is -2.58. The number of pyridine rings is 1. The van der Waals surface area contributed by atoms with E-state index >= 15 is 0 Å². The highest BCUT2D eigenvalue weighted by molar-refractivity contribution is 7.08. The number of carbonyl (C=O) groups excluding carboxylic acids is 2. The van der Waals surface area contributed by atoms with Crippen molar-refractivity contribution in [3.63, 3.8) is 0 Å². The van der Waals surface area contributed by atoms with E-state index in [-0.39, 0.29) is 11.8 Å². The number of hydrogen-bond acceptors (Lipinski definition) is 6. The van der Waals surface area contributed by atoms with Gasteiger partial charge in [-0.05, 0) is 77.8 Å². The van der Waals surface area contributed by atoms with Crippen molar-refractivity contribution in [1.82, 2.24) is 9.88 Å². The Labute approximate surface area is 235 Å². The van der Waals surface area contributed by atoms with E-state index in [1.165, 1.54) is 39.0 Å². The number of aromatic nitrogens is 1. The quantitative estimate of drug-likeness (QED) is 0.366. The molecule has 39 heavy (non-hydrogen) atoms. The van der Waals surface area contributed by atoms with E-state index in [2.05, 4.69) is 21.7 Å². The monoisotopic (exact) mass is 548 g/mol. The SMILES string of the molecule is CC(=O)N(C)C1CCCCC1.CC(=O)Nc1cc(-c2ccsc2)c(-c2ccc(C3(N)CC(C)(O)C3)cc2)cn1. The number of benzene rings is 1. The first kappa shape index (κ1) is 28.9. The Morgan fingerprint density at radius 3 is 2.26 bits per heavy atom. The topological polar surface area (TPSA) is 109 Å². The molecule has 0 bridgehead atoms. The third-order valence-corrected chi connectivity index (χ3v) is 8.51. The highest BCUT2D eigenvalue weighted by Crippen LogP contribution is 2.46. The summed E-state index contributed by atoms with van der Waals surface area (Å²) in [4.78, 5) is 28.7. The number of nitrogens with zero attached hydrogens (tertiary/aromatic N) is 2. The zero-order valence-corrected chi connectivity index (χ0v) is 24.2. The van der Waals surface area contributed by atoms with E-state index in [0.717, 1.165) is 27.8 Å². The summed E-state index contributed by atoms with van der Waals surface area (Å²) < 4.78 is 0. The molecule has 2 amide bonds. The van der Waals surface area contributed by atoms with Crippen molar-refractivity contribution in [3.05, 3.63) is 58.9 Å². The van der Waals surface area contributed by atoms with Crippen LogP contribution in [0.3, 0.4) is 0 Å². The van der Waals surface area contributed by atoms with Gasteiger partial charge in [0.1, 0.15) is 5.82 Å². The number of aliphatic hydroxyl groups is 1. The number of rotatable bonds is 5. The molecule has 4 N–H and O–H groups in total. The van der Waals surface area contributed by atoms with Crippen molar-refractivity contribution in [1.29, 1.82) is 0 Å². The van der Waals surface area contributed by atoms with Gasteiger partial charge >= 0.3 is 0 Å². The van der Waals surface area contributed by atoms with Crippen molar-refractivity contribution >= 4 is 29.0 Å². The third-order valence-electron chi connectivity index (χ3n) is 7.82. The Bertz CT molecular complexity index is 1270. The molecule has 0 radical (unpaired) electrons. The maximum atomic E-state index is 11.4. The Hall–Kier alpha value is -3.07. The predicted octanol–water partition coefficient (Wildman–Crippen LogP) is 5.93. The molecule has 0 spiro atoms. The van der Waals surface area contributed by atoms with Crippen molar-refractivity contribution in [3.8, 4) is 22.3 Å². The predicted molar refractivity (Wildman–Crippen MR) is 158 cm³/mol. The van der Waals surface area contributed by atoms with Crippen LogP contribution in [0.5, 0.6) is 0 Å². The van der Waals surface area contributed by atoms with Gasteiger partial charge in [-0.15, -0.1) is 0 Å². The second kappa shape index (κ2) is 12.0. The summed E-state index contributed by atoms with van der Waals surface area (Å²) in [6.45, 7) is 4.94. The van der Waals surface area contributed by atoms with E-state index in [0.29, 0.717) is 24.7 Å². The Kier molecular flexibility index (Phi) is 8.89. The average molecular weight is 549 g/mol. The molecule has 3 aromatic rings. The second-order valence-corrected chi connectivity index (χ2v) is 12.1. The van der Waals surface area contributed by atoms with Crippen molar-refractivity contribution in [2.45, 2.75) is 82.9 Å². The number of thiophene rings is 1. The highest BCUT2D eigenvalue weighted by atomic mass is 32.1. The molecule has 5 rings (SSSR count). The summed E-state index contributed by atoms with van der Waals surface area (Å²) in [6.07, 6.45) is 9.26. The smallest absolute Gasteiger partial charge is 0.222 e. The van der Waals surface area contributed by atoms with E-state index < -0.39 is 11.1 Å². The van der Waals surface area contributed by atoms with Crippen molar-refractivity contribution in [2.24, 2.45) is 5.73 Å². The zero-order valence-electron chi connectivity index (χ0n) is 23.4. The van der Waals surface area contributed by atoms with E-state index in [9.17, 15) is 14.7 Å². The zero-order chi connectivity index (χ0) is 28.2. The highest BCUT2D eigenvalue weighted by Gasteiger charge is 2.49. The molecule has 1 aromatic carbocycles. The lowest BCUT2D eigenvalue weighted by molar-refractivity contribution is -0.130. The van der Waals surface area contributed by atoms with Crippen molar-refractivity contribution in [2.75, 3.05) is 12.4 Å². The second-order valence-electron chi connectivity index (χ2n) is 11.3. The maximum absolute atomic E-state index is 11.4. The molecule has 0 aliphatic heterocycles. The van der Waals surface area contributed by atoms with Crippen LogP contribution in [-0.2, 0) is 15.1 Å². The first-order valence-corrected chi connectivity index (χ1v) is 14.6. The van der Waals surface area contributed by atoms with Gasteiger partial charge in [0.05, 0.1) is 5.60 Å². The molecule has 0 saturated heterocycles. The van der Waals surface area contributed by atoms with Crippen LogP contribution < -0.4 is 11.1 Å². The molecule has 208 valence electrons. The van der Waals surface area contributed by atoms with E-state index in [1.54, 1.807) is 24.5 Å². The van der Waals surface area contributed by atoms with Crippen LogP contribution in [-0.4, -0.2) is 45.5 Å². The fraction of sp³-hybridized carbons (Fsp3) is 0.452. The number of amides is 2. The number of carbonyl (C=O) groups is 2. The molecule has 2 heterocycles. The van der Waals surface area contributed by atoms with Crippen LogP contribution in [0.15, 0.2) is 53.4 Å². The van der Waals surface area contributed by atoms with Gasteiger partial charge in [-0.3, -0.25) is 9.59 Å². The molecule has 2 aromatic heterocycles. The van der Waals surface area contributed by atoms with Gasteiger partial charge in [0.25, 0.3) is 0 Å². The van der Waals surface area contributed by atoms with Gasteiger partial charge in [-0.2, -0.15) is 11.3 Å². The first-order valence-electron chi connectivity index (χ1n) is 13.6. The van der Waals surface area contributed by atoms with Crippen LogP contribution in [0.4, 0.5) is 5.82 Å². The molecular weight excluding hydrogens is 508 g/mol. The van der Waals surface area contributed by atoms with Gasteiger partial charge in [-0.25, -0.2) is 4.98 Å². The maximum Gasteiger partial charge on any atom is 0.222 e. The number of anilines is 1. The first-order chi connectivity index (χ1) is 18.5. The van der Waals surface area contributed by atoms with Gasteiger partial charge < -0.3 is 21.1 Å². The minimum atomic E-state index is -0.678. The van der Waals surface area contributed by atoms with Crippen LogP contribution in [0.1, 0.15) is 71.3 Å². The molecule has 2 fully saturated rings. The third kappa shape index (κ3) is 7.12. The summed E-state index contributed by atoms with van der Waals surface area (Å²) in [5.74, 6) is 0.592. The molecular formula is C31H40N4O3S. The van der Waals surface area contributed by atoms with E-state index in [4.69, 9.17) is 5.73 Å². The molecule has 2 saturated carbocycles. The number of nitrogens with one attached hydrogen (secondary N) is 1. The summed E-state index contributed by atoms with van der Waals surface area (Å²) in [6, 6.07) is 12.6. The summed E-state index contributed by atoms with van der Waals surface area (Å²) in [5, 5.41) is 16.9. The van der Waals surface area contributed by atoms with Gasteiger partial charge in [0.2, 0.25) is 11.8 Å². The average Bonchev–Trinajstić information content (AvgIpc) is 3.43. The molecule has 8 heteroatoms. The minimum Gasteiger partial charge on any atom is -0.390 e. The van der Waals surface area contributed by atoms with Gasteiger partial charge in [0.15, 0.2) is 0 Å². The van der Waals surface area contributed by atoms with Crippen molar-refractivity contribution < 1.29 is 14.7 Å². The van der Waals surface area contributed by atoms with Crippen LogP contribution >= 0.6 is 11.3 Å². The Morgan fingerprint density at radius 2 is 1.72 bits per heavy atom. The normalized spacial score (nSPS) is 22.7. The fourth-order valence-corrected chi connectivity index (χ4v) is 6.47. The molecule has 0 unspecified atom stereocenters. The summed E-state index contributed by atoms with van der Waals surface area (Å²) in [5.41, 5.74) is 10.5. The summed E-state index contributed by atoms with van der Waals surface area (Å²) in [7, 11) is 1.92. The van der Waals surface area contributed by atoms with Gasteiger partial charge in [-0.1, -0.05) is 43.5 Å².